The van der Waals surface area contributed by atoms with Crippen molar-refractivity contribution in [2.75, 3.05) is 5.88 Å². The predicted molar refractivity (Wildman–Crippen MR) is 39.4 cm³/mol. The van der Waals surface area contributed by atoms with E-state index in [-0.39, 0.29) is 0 Å². The van der Waals surface area contributed by atoms with Crippen LogP contribution < -0.4 is 0 Å². The standard InChI is InChI=1S/C7H13Cl/c1-3-7(2)5-4-6-8/h3H,4-6H2,1-2H3. The first-order chi connectivity index (χ1) is 3.81. The van der Waals surface area contributed by atoms with Gasteiger partial charge in [-0.1, -0.05) is 11.6 Å². The van der Waals surface area contributed by atoms with E-state index in [9.17, 15) is 0 Å². The van der Waals surface area contributed by atoms with Gasteiger partial charge in [0, 0.05) is 5.88 Å². The number of allylic oxidation sites excluding steroid dienone is 2. The summed E-state index contributed by atoms with van der Waals surface area (Å²) in [5.74, 6) is 0.783. The Kier molecular flexibility index (Phi) is 5.19. The Morgan fingerprint density at radius 1 is 1.62 bits per heavy atom. The van der Waals surface area contributed by atoms with E-state index >= 15 is 0 Å². The maximum atomic E-state index is 5.48. The van der Waals surface area contributed by atoms with Crippen LogP contribution in [0.1, 0.15) is 26.7 Å². The summed E-state index contributed by atoms with van der Waals surface area (Å²) >= 11 is 5.48. The van der Waals surface area contributed by atoms with Gasteiger partial charge in [-0.2, -0.15) is 0 Å². The van der Waals surface area contributed by atoms with Crippen molar-refractivity contribution in [1.29, 1.82) is 0 Å². The second-order valence-corrected chi connectivity index (χ2v) is 2.31. The summed E-state index contributed by atoms with van der Waals surface area (Å²) in [6.07, 6.45) is 4.39. The Morgan fingerprint density at radius 3 is 2.62 bits per heavy atom. The van der Waals surface area contributed by atoms with Crippen LogP contribution in [0.25, 0.3) is 0 Å². The van der Waals surface area contributed by atoms with Crippen LogP contribution in [0, 0.1) is 0 Å². The summed E-state index contributed by atoms with van der Waals surface area (Å²) in [5.41, 5.74) is 1.44. The van der Waals surface area contributed by atoms with Gasteiger partial charge in [0.1, 0.15) is 0 Å². The normalized spacial score (nSPS) is 12.1. The summed E-state index contributed by atoms with van der Waals surface area (Å²) in [4.78, 5) is 0. The van der Waals surface area contributed by atoms with Gasteiger partial charge in [-0.05, 0) is 26.7 Å². The maximum absolute atomic E-state index is 5.48. The number of halogens is 1. The average Bonchev–Trinajstić information content (AvgIpc) is 1.83. The van der Waals surface area contributed by atoms with Crippen LogP contribution in [0.3, 0.4) is 0 Å². The summed E-state index contributed by atoms with van der Waals surface area (Å²) in [6.45, 7) is 4.19. The number of rotatable bonds is 3. The number of alkyl halides is 1. The van der Waals surface area contributed by atoms with Crippen LogP contribution in [0.4, 0.5) is 0 Å². The zero-order valence-electron chi connectivity index (χ0n) is 5.58. The third kappa shape index (κ3) is 4.20. The van der Waals surface area contributed by atoms with E-state index in [0.29, 0.717) is 0 Å². The molecular formula is C7H13Cl. The first kappa shape index (κ1) is 8.03. The molecule has 0 radical (unpaired) electrons. The Hall–Kier alpha value is 0.0300. The number of hydrogen-bond donors (Lipinski definition) is 0. The quantitative estimate of drug-likeness (QED) is 0.409. The van der Waals surface area contributed by atoms with Crippen LogP contribution >= 0.6 is 11.6 Å². The molecule has 0 N–H and O–H groups in total. The fraction of sp³-hybridized carbons (Fsp3) is 0.714. The molecule has 48 valence electrons. The van der Waals surface area contributed by atoms with Crippen molar-refractivity contribution >= 4 is 11.6 Å². The Balaban J connectivity index is 3.12. The highest BCUT2D eigenvalue weighted by Gasteiger charge is 1.84. The smallest absolute Gasteiger partial charge is 0.0226 e. The molecule has 0 heterocycles. The largest absolute Gasteiger partial charge is 0.127 e. The first-order valence-electron chi connectivity index (χ1n) is 2.99. The van der Waals surface area contributed by atoms with Gasteiger partial charge < -0.3 is 0 Å². The molecule has 0 unspecified atom stereocenters. The highest BCUT2D eigenvalue weighted by molar-refractivity contribution is 6.17. The van der Waals surface area contributed by atoms with E-state index in [0.717, 1.165) is 18.7 Å². The SMILES string of the molecule is CC=C(C)CCCCl. The van der Waals surface area contributed by atoms with Gasteiger partial charge in [-0.15, -0.1) is 11.6 Å². The molecule has 0 aromatic rings. The molecule has 0 nitrogen and oxygen atoms in total. The third-order valence-corrected chi connectivity index (χ3v) is 1.46. The lowest BCUT2D eigenvalue weighted by molar-refractivity contribution is 0.909. The van der Waals surface area contributed by atoms with E-state index < -0.39 is 0 Å². The van der Waals surface area contributed by atoms with E-state index in [4.69, 9.17) is 11.6 Å². The van der Waals surface area contributed by atoms with Gasteiger partial charge in [0.15, 0.2) is 0 Å². The van der Waals surface area contributed by atoms with Crippen LogP contribution in [0.2, 0.25) is 0 Å². The molecule has 0 bridgehead atoms. The maximum Gasteiger partial charge on any atom is 0.0226 e. The summed E-state index contributed by atoms with van der Waals surface area (Å²) in [5, 5.41) is 0. The predicted octanol–water partition coefficient (Wildman–Crippen LogP) is 2.97. The molecule has 0 aliphatic heterocycles. The van der Waals surface area contributed by atoms with Crippen molar-refractivity contribution in [3.05, 3.63) is 11.6 Å². The lowest BCUT2D eigenvalue weighted by Gasteiger charge is -1.93. The van der Waals surface area contributed by atoms with Crippen LogP contribution in [0.5, 0.6) is 0 Å². The minimum Gasteiger partial charge on any atom is -0.127 e. The topological polar surface area (TPSA) is 0 Å². The average molecular weight is 133 g/mol. The minimum atomic E-state index is 0.783. The van der Waals surface area contributed by atoms with E-state index in [1.54, 1.807) is 0 Å². The van der Waals surface area contributed by atoms with E-state index in [2.05, 4.69) is 19.9 Å². The minimum absolute atomic E-state index is 0.783. The van der Waals surface area contributed by atoms with Gasteiger partial charge in [-0.25, -0.2) is 0 Å². The monoisotopic (exact) mass is 132 g/mol. The van der Waals surface area contributed by atoms with Crippen molar-refractivity contribution in [3.63, 3.8) is 0 Å². The van der Waals surface area contributed by atoms with Crippen LogP contribution in [0.15, 0.2) is 11.6 Å². The molecule has 0 saturated carbocycles. The second-order valence-electron chi connectivity index (χ2n) is 1.93. The van der Waals surface area contributed by atoms with E-state index in [1.165, 1.54) is 5.57 Å². The van der Waals surface area contributed by atoms with Crippen LogP contribution in [-0.2, 0) is 0 Å². The second kappa shape index (κ2) is 5.17. The van der Waals surface area contributed by atoms with Crippen molar-refractivity contribution in [2.45, 2.75) is 26.7 Å². The van der Waals surface area contributed by atoms with Gasteiger partial charge in [-0.3, -0.25) is 0 Å². The fourth-order valence-electron chi connectivity index (χ4n) is 0.490. The summed E-state index contributed by atoms with van der Waals surface area (Å²) in [6, 6.07) is 0. The van der Waals surface area contributed by atoms with Crippen molar-refractivity contribution in [2.24, 2.45) is 0 Å². The molecule has 0 aliphatic carbocycles. The lowest BCUT2D eigenvalue weighted by Crippen LogP contribution is -1.77. The van der Waals surface area contributed by atoms with Crippen molar-refractivity contribution in [3.8, 4) is 0 Å². The Bertz CT molecular complexity index is 74.5. The summed E-state index contributed by atoms with van der Waals surface area (Å²) < 4.78 is 0. The fourth-order valence-corrected chi connectivity index (χ4v) is 0.624. The molecule has 0 amide bonds. The van der Waals surface area contributed by atoms with Gasteiger partial charge in [0.25, 0.3) is 0 Å². The van der Waals surface area contributed by atoms with Crippen LogP contribution in [-0.4, -0.2) is 5.88 Å². The molecule has 0 spiro atoms. The highest BCUT2D eigenvalue weighted by atomic mass is 35.5. The summed E-state index contributed by atoms with van der Waals surface area (Å²) in [7, 11) is 0. The zero-order chi connectivity index (χ0) is 6.41. The third-order valence-electron chi connectivity index (χ3n) is 1.20. The first-order valence-corrected chi connectivity index (χ1v) is 3.52. The Labute approximate surface area is 56.5 Å². The number of hydrogen-bond acceptors (Lipinski definition) is 0. The molecule has 0 saturated heterocycles. The lowest BCUT2D eigenvalue weighted by atomic mass is 10.2. The van der Waals surface area contributed by atoms with Crippen molar-refractivity contribution in [1.82, 2.24) is 0 Å². The van der Waals surface area contributed by atoms with E-state index in [1.807, 2.05) is 0 Å². The van der Waals surface area contributed by atoms with Gasteiger partial charge in [0.05, 0.1) is 0 Å². The molecule has 1 heteroatoms. The zero-order valence-corrected chi connectivity index (χ0v) is 6.33. The molecular weight excluding hydrogens is 120 g/mol. The molecule has 0 atom stereocenters. The molecule has 0 rings (SSSR count). The molecule has 0 fully saturated rings. The molecule has 0 aromatic carbocycles. The molecule has 8 heavy (non-hydrogen) atoms. The van der Waals surface area contributed by atoms with Gasteiger partial charge >= 0.3 is 0 Å². The molecule has 0 aromatic heterocycles. The Morgan fingerprint density at radius 2 is 2.25 bits per heavy atom. The van der Waals surface area contributed by atoms with Crippen molar-refractivity contribution < 1.29 is 0 Å². The molecule has 0 aliphatic rings. The highest BCUT2D eigenvalue weighted by Crippen LogP contribution is 2.03. The van der Waals surface area contributed by atoms with Gasteiger partial charge in [0.2, 0.25) is 0 Å².